The van der Waals surface area contributed by atoms with Crippen LogP contribution in [-0.2, 0) is 24.6 Å². The third-order valence-corrected chi connectivity index (χ3v) is 6.31. The number of carbonyl (C=O) groups excluding carboxylic acids is 2. The summed E-state index contributed by atoms with van der Waals surface area (Å²) in [5, 5.41) is 5.55. The predicted molar refractivity (Wildman–Crippen MR) is 135 cm³/mol. The summed E-state index contributed by atoms with van der Waals surface area (Å²) in [5.41, 5.74) is -0.430. The largest absolute Gasteiger partial charge is 0.417 e. The number of rotatable bonds is 6. The number of aromatic nitrogens is 2. The van der Waals surface area contributed by atoms with E-state index in [4.69, 9.17) is 16.3 Å². The number of hydrogen-bond acceptors (Lipinski definition) is 4. The Morgan fingerprint density at radius 3 is 2.45 bits per heavy atom. The molecule has 0 radical (unpaired) electrons. The van der Waals surface area contributed by atoms with E-state index in [0.717, 1.165) is 0 Å². The van der Waals surface area contributed by atoms with E-state index >= 15 is 0 Å². The first-order valence-electron chi connectivity index (χ1n) is 11.1. The van der Waals surface area contributed by atoms with Gasteiger partial charge in [-0.2, -0.15) is 13.2 Å². The molecule has 1 aromatic heterocycles. The molecular formula is C26H21ClF4N4O3. The van der Waals surface area contributed by atoms with E-state index in [0.29, 0.717) is 45.8 Å². The number of hydrogen-bond donors (Lipinski definition) is 2. The highest BCUT2D eigenvalue weighted by molar-refractivity contribution is 6.31. The van der Waals surface area contributed by atoms with E-state index in [-0.39, 0.29) is 23.4 Å². The molecule has 0 saturated carbocycles. The molecule has 0 saturated heterocycles. The first-order valence-corrected chi connectivity index (χ1v) is 11.5. The summed E-state index contributed by atoms with van der Waals surface area (Å²) in [6.45, 7) is 1.83. The summed E-state index contributed by atoms with van der Waals surface area (Å²) < 4.78 is 61.0. The van der Waals surface area contributed by atoms with Crippen LogP contribution in [0.4, 0.5) is 28.9 Å². The zero-order valence-electron chi connectivity index (χ0n) is 20.3. The molecule has 0 spiro atoms. The fraction of sp³-hybridized carbons (Fsp3) is 0.192. The van der Waals surface area contributed by atoms with Gasteiger partial charge in [0.15, 0.2) is 0 Å². The first kappa shape index (κ1) is 27.1. The maximum Gasteiger partial charge on any atom is 0.417 e. The van der Waals surface area contributed by atoms with Crippen LogP contribution < -0.4 is 10.6 Å². The average Bonchev–Trinajstić information content (AvgIpc) is 3.16. The third-order valence-electron chi connectivity index (χ3n) is 5.90. The Balaban J connectivity index is 1.80. The smallest absolute Gasteiger partial charge is 0.377 e. The van der Waals surface area contributed by atoms with Crippen molar-refractivity contribution in [2.24, 2.45) is 7.05 Å². The van der Waals surface area contributed by atoms with Crippen LogP contribution in [0.15, 0.2) is 48.5 Å². The molecule has 7 nitrogen and oxygen atoms in total. The van der Waals surface area contributed by atoms with Crippen LogP contribution >= 0.6 is 11.6 Å². The number of ether oxygens (including phenoxy) is 1. The van der Waals surface area contributed by atoms with Crippen molar-refractivity contribution in [2.45, 2.75) is 19.7 Å². The molecule has 4 aromatic rings. The van der Waals surface area contributed by atoms with Gasteiger partial charge in [-0.15, -0.1) is 0 Å². The van der Waals surface area contributed by atoms with Crippen molar-refractivity contribution in [3.05, 3.63) is 87.4 Å². The molecule has 0 atom stereocenters. The molecule has 12 heteroatoms. The quantitative estimate of drug-likeness (QED) is 0.275. The van der Waals surface area contributed by atoms with Crippen LogP contribution in [-0.4, -0.2) is 28.5 Å². The second-order valence-corrected chi connectivity index (χ2v) is 8.83. The summed E-state index contributed by atoms with van der Waals surface area (Å²) in [4.78, 5) is 30.7. The highest BCUT2D eigenvalue weighted by Crippen LogP contribution is 2.33. The molecule has 38 heavy (non-hydrogen) atoms. The molecule has 0 bridgehead atoms. The average molecular weight is 549 g/mol. The Hall–Kier alpha value is -3.96. The molecule has 2 amide bonds. The van der Waals surface area contributed by atoms with Crippen LogP contribution in [0.3, 0.4) is 0 Å². The lowest BCUT2D eigenvalue weighted by atomic mass is 10.1. The van der Waals surface area contributed by atoms with Gasteiger partial charge in [0, 0.05) is 30.6 Å². The normalized spacial score (nSPS) is 11.6. The summed E-state index contributed by atoms with van der Waals surface area (Å²) in [6, 6.07) is 9.34. The number of imidazole rings is 1. The predicted octanol–water partition coefficient (Wildman–Crippen LogP) is 6.34. The summed E-state index contributed by atoms with van der Waals surface area (Å²) in [6.07, 6.45) is -4.89. The van der Waals surface area contributed by atoms with E-state index in [1.165, 1.54) is 19.2 Å². The van der Waals surface area contributed by atoms with E-state index in [1.54, 1.807) is 36.7 Å². The highest BCUT2D eigenvalue weighted by Gasteiger charge is 2.35. The molecule has 198 valence electrons. The second-order valence-electron chi connectivity index (χ2n) is 8.42. The van der Waals surface area contributed by atoms with Crippen molar-refractivity contribution in [1.82, 2.24) is 9.55 Å². The molecule has 0 unspecified atom stereocenters. The second kappa shape index (κ2) is 10.4. The molecule has 4 rings (SSSR count). The van der Waals surface area contributed by atoms with Crippen molar-refractivity contribution in [3.8, 4) is 0 Å². The van der Waals surface area contributed by atoms with Crippen molar-refractivity contribution in [1.29, 1.82) is 0 Å². The van der Waals surface area contributed by atoms with Crippen LogP contribution in [0.1, 0.15) is 37.7 Å². The van der Waals surface area contributed by atoms with Gasteiger partial charge < -0.3 is 19.9 Å². The minimum absolute atomic E-state index is 0.000168. The number of carbonyl (C=O) groups is 2. The van der Waals surface area contributed by atoms with Gasteiger partial charge in [0.1, 0.15) is 23.8 Å². The number of anilines is 2. The maximum atomic E-state index is 13.8. The van der Waals surface area contributed by atoms with Crippen LogP contribution in [0.5, 0.6) is 0 Å². The van der Waals surface area contributed by atoms with Gasteiger partial charge in [0.25, 0.3) is 11.8 Å². The van der Waals surface area contributed by atoms with Gasteiger partial charge in [-0.1, -0.05) is 17.7 Å². The molecule has 0 aliphatic carbocycles. The van der Waals surface area contributed by atoms with Crippen LogP contribution in [0.25, 0.3) is 11.0 Å². The van der Waals surface area contributed by atoms with E-state index in [1.807, 2.05) is 0 Å². The van der Waals surface area contributed by atoms with E-state index in [9.17, 15) is 27.2 Å². The number of alkyl halides is 3. The number of aryl methyl sites for hydroxylation is 1. The first-order chi connectivity index (χ1) is 17.9. The zero-order valence-corrected chi connectivity index (χ0v) is 21.1. The maximum absolute atomic E-state index is 13.8. The monoisotopic (exact) mass is 548 g/mol. The molecule has 1 heterocycles. The van der Waals surface area contributed by atoms with Gasteiger partial charge in [0.2, 0.25) is 0 Å². The Labute approximate surface area is 219 Å². The number of amides is 2. The highest BCUT2D eigenvalue weighted by atomic mass is 35.5. The minimum atomic E-state index is -4.89. The zero-order chi connectivity index (χ0) is 27.8. The Kier molecular flexibility index (Phi) is 7.43. The Morgan fingerprint density at radius 2 is 1.76 bits per heavy atom. The minimum Gasteiger partial charge on any atom is -0.377 e. The topological polar surface area (TPSA) is 85.2 Å². The number of halogens is 5. The lowest BCUT2D eigenvalue weighted by Gasteiger charge is -2.14. The third kappa shape index (κ3) is 5.34. The van der Waals surface area contributed by atoms with Gasteiger partial charge in [0.05, 0.1) is 22.2 Å². The lowest BCUT2D eigenvalue weighted by molar-refractivity contribution is -0.137. The van der Waals surface area contributed by atoms with Gasteiger partial charge in [-0.25, -0.2) is 9.37 Å². The van der Waals surface area contributed by atoms with Crippen molar-refractivity contribution in [3.63, 3.8) is 0 Å². The number of nitrogens with one attached hydrogen (secondary N) is 2. The molecular weight excluding hydrogens is 528 g/mol. The van der Waals surface area contributed by atoms with Gasteiger partial charge in [-0.05, 0) is 55.0 Å². The fourth-order valence-electron chi connectivity index (χ4n) is 3.92. The van der Waals surface area contributed by atoms with E-state index in [2.05, 4.69) is 15.6 Å². The van der Waals surface area contributed by atoms with E-state index < -0.39 is 34.9 Å². The van der Waals surface area contributed by atoms with Crippen molar-refractivity contribution >= 4 is 45.8 Å². The number of nitrogens with zero attached hydrogens (tertiary/aromatic N) is 2. The lowest BCUT2D eigenvalue weighted by Crippen LogP contribution is -2.20. The summed E-state index contributed by atoms with van der Waals surface area (Å²) in [7, 11) is 3.13. The molecule has 3 aromatic carbocycles. The van der Waals surface area contributed by atoms with Crippen LogP contribution in [0.2, 0.25) is 5.02 Å². The summed E-state index contributed by atoms with van der Waals surface area (Å²) in [5.74, 6) is -2.34. The number of methoxy groups -OCH3 is 1. The Morgan fingerprint density at radius 1 is 1.05 bits per heavy atom. The molecule has 0 aliphatic rings. The van der Waals surface area contributed by atoms with Gasteiger partial charge >= 0.3 is 6.18 Å². The molecule has 0 aliphatic heterocycles. The van der Waals surface area contributed by atoms with Gasteiger partial charge in [-0.3, -0.25) is 9.59 Å². The van der Waals surface area contributed by atoms with Crippen LogP contribution in [0, 0.1) is 12.7 Å². The van der Waals surface area contributed by atoms with Crippen molar-refractivity contribution < 1.29 is 31.9 Å². The summed E-state index contributed by atoms with van der Waals surface area (Å²) >= 11 is 6.16. The standard InChI is InChI=1S/C26H21ClF4N4O3/c1-13-19(27)5-4-6-20(13)33-25(37)17-10-15(11-21-23(17)34-22(12-38-3)35(21)2)32-24(36)16-9-14(28)7-8-18(16)26(29,30)31/h4-11H,12H2,1-3H3,(H,32,36)(H,33,37). The number of benzene rings is 3. The Bertz CT molecular complexity index is 1570. The molecule has 2 N–H and O–H groups in total. The number of fused-ring (bicyclic) bond motifs is 1. The molecule has 0 fully saturated rings. The SMILES string of the molecule is COCc1nc2c(C(=O)Nc3cccc(Cl)c3C)cc(NC(=O)c3cc(F)ccc3C(F)(F)F)cc2n1C. The van der Waals surface area contributed by atoms with Crippen molar-refractivity contribution in [2.75, 3.05) is 17.7 Å². The fourth-order valence-corrected chi connectivity index (χ4v) is 4.10.